The minimum Gasteiger partial charge on any atom is -0.319 e. The maximum atomic E-state index is 13.8. The molecule has 0 bridgehead atoms. The lowest BCUT2D eigenvalue weighted by molar-refractivity contribution is -0.384. The van der Waals surface area contributed by atoms with Crippen LogP contribution in [-0.2, 0) is 6.42 Å². The van der Waals surface area contributed by atoms with Crippen LogP contribution < -0.4 is 5.56 Å². The van der Waals surface area contributed by atoms with Crippen molar-refractivity contribution in [3.05, 3.63) is 78.4 Å². The molecular formula is C15H9BrFN3O3. The van der Waals surface area contributed by atoms with E-state index in [0.717, 1.165) is 0 Å². The highest BCUT2D eigenvalue weighted by atomic mass is 79.9. The van der Waals surface area contributed by atoms with Crippen LogP contribution >= 0.6 is 15.9 Å². The Balaban J connectivity index is 2.06. The normalized spacial score (nSPS) is 10.9. The number of halogens is 2. The highest BCUT2D eigenvalue weighted by Gasteiger charge is 2.12. The van der Waals surface area contributed by atoms with E-state index in [4.69, 9.17) is 0 Å². The number of nitrogens with zero attached hydrogens (tertiary/aromatic N) is 2. The van der Waals surface area contributed by atoms with Gasteiger partial charge in [0.2, 0.25) is 0 Å². The number of nitro benzene ring substituents is 1. The van der Waals surface area contributed by atoms with Crippen molar-refractivity contribution in [1.29, 1.82) is 0 Å². The Kier molecular flexibility index (Phi) is 3.91. The average molecular weight is 378 g/mol. The van der Waals surface area contributed by atoms with Gasteiger partial charge in [-0.1, -0.05) is 15.9 Å². The fourth-order valence-electron chi connectivity index (χ4n) is 2.20. The standard InChI is InChI=1S/C15H9BrFN3O3/c16-9-1-3-11(17)8(5-9)6-14-15(21)19-13-7-10(20(22)23)2-4-12(13)18-14/h1-5,7H,6H2,(H,19,21). The van der Waals surface area contributed by atoms with Crippen LogP contribution in [0, 0.1) is 15.9 Å². The van der Waals surface area contributed by atoms with E-state index in [0.29, 0.717) is 15.6 Å². The topological polar surface area (TPSA) is 88.9 Å². The molecule has 3 aromatic rings. The zero-order chi connectivity index (χ0) is 16.6. The van der Waals surface area contributed by atoms with E-state index < -0.39 is 16.3 Å². The summed E-state index contributed by atoms with van der Waals surface area (Å²) in [6, 6.07) is 8.44. The molecule has 0 unspecified atom stereocenters. The first-order valence-corrected chi connectivity index (χ1v) is 7.34. The van der Waals surface area contributed by atoms with Crippen LogP contribution in [0.25, 0.3) is 11.0 Å². The summed E-state index contributed by atoms with van der Waals surface area (Å²) in [5, 5.41) is 10.8. The van der Waals surface area contributed by atoms with Crippen LogP contribution in [0.5, 0.6) is 0 Å². The first kappa shape index (κ1) is 15.3. The van der Waals surface area contributed by atoms with Gasteiger partial charge in [-0.2, -0.15) is 0 Å². The second-order valence-electron chi connectivity index (χ2n) is 4.88. The van der Waals surface area contributed by atoms with Gasteiger partial charge in [0.25, 0.3) is 11.2 Å². The molecule has 3 rings (SSSR count). The molecule has 1 heterocycles. The summed E-state index contributed by atoms with van der Waals surface area (Å²) in [5.41, 5.74) is 0.503. The van der Waals surface area contributed by atoms with Gasteiger partial charge in [-0.25, -0.2) is 9.37 Å². The number of nitro groups is 1. The molecule has 2 aromatic carbocycles. The molecule has 6 nitrogen and oxygen atoms in total. The number of aromatic amines is 1. The molecular weight excluding hydrogens is 369 g/mol. The summed E-state index contributed by atoms with van der Waals surface area (Å²) < 4.78 is 14.5. The summed E-state index contributed by atoms with van der Waals surface area (Å²) in [7, 11) is 0. The van der Waals surface area contributed by atoms with Crippen molar-refractivity contribution in [2.24, 2.45) is 0 Å². The molecule has 23 heavy (non-hydrogen) atoms. The largest absolute Gasteiger partial charge is 0.319 e. The summed E-state index contributed by atoms with van der Waals surface area (Å²) in [6.07, 6.45) is 0.0214. The Bertz CT molecular complexity index is 987. The summed E-state index contributed by atoms with van der Waals surface area (Å²) in [5.74, 6) is -0.432. The molecule has 0 atom stereocenters. The smallest absolute Gasteiger partial charge is 0.271 e. The second kappa shape index (κ2) is 5.88. The molecule has 0 fully saturated rings. The molecule has 0 amide bonds. The van der Waals surface area contributed by atoms with E-state index in [1.165, 1.54) is 24.3 Å². The lowest BCUT2D eigenvalue weighted by Gasteiger charge is -2.05. The number of H-pyrrole nitrogens is 1. The fraction of sp³-hybridized carbons (Fsp3) is 0.0667. The summed E-state index contributed by atoms with van der Waals surface area (Å²) in [6.45, 7) is 0. The fourth-order valence-corrected chi connectivity index (χ4v) is 2.61. The van der Waals surface area contributed by atoms with Gasteiger partial charge in [-0.3, -0.25) is 14.9 Å². The van der Waals surface area contributed by atoms with Gasteiger partial charge < -0.3 is 4.98 Å². The number of hydrogen-bond acceptors (Lipinski definition) is 4. The molecule has 1 N–H and O–H groups in total. The Morgan fingerprint density at radius 3 is 2.78 bits per heavy atom. The monoisotopic (exact) mass is 377 g/mol. The van der Waals surface area contributed by atoms with Crippen molar-refractivity contribution >= 4 is 32.7 Å². The van der Waals surface area contributed by atoms with Crippen molar-refractivity contribution in [1.82, 2.24) is 9.97 Å². The molecule has 0 radical (unpaired) electrons. The molecule has 8 heteroatoms. The van der Waals surface area contributed by atoms with E-state index in [-0.39, 0.29) is 23.3 Å². The van der Waals surface area contributed by atoms with E-state index in [2.05, 4.69) is 25.9 Å². The maximum absolute atomic E-state index is 13.8. The molecule has 116 valence electrons. The third-order valence-electron chi connectivity index (χ3n) is 3.32. The highest BCUT2D eigenvalue weighted by Crippen LogP contribution is 2.19. The van der Waals surface area contributed by atoms with E-state index >= 15 is 0 Å². The van der Waals surface area contributed by atoms with Crippen LogP contribution in [0.15, 0.2) is 45.7 Å². The minimum atomic E-state index is -0.553. The number of nitrogens with one attached hydrogen (secondary N) is 1. The number of fused-ring (bicyclic) bond motifs is 1. The lowest BCUT2D eigenvalue weighted by Crippen LogP contribution is -2.16. The SMILES string of the molecule is O=c1[nH]c2cc([N+](=O)[O-])ccc2nc1Cc1cc(Br)ccc1F. The van der Waals surface area contributed by atoms with Crippen LogP contribution in [0.4, 0.5) is 10.1 Å². The summed E-state index contributed by atoms with van der Waals surface area (Å²) >= 11 is 3.25. The van der Waals surface area contributed by atoms with E-state index in [1.807, 2.05) is 0 Å². The Hall–Kier alpha value is -2.61. The van der Waals surface area contributed by atoms with Gasteiger partial charge in [0.05, 0.1) is 16.0 Å². The number of non-ortho nitro benzene ring substituents is 1. The minimum absolute atomic E-state index is 0.0214. The van der Waals surface area contributed by atoms with Crippen LogP contribution in [0.1, 0.15) is 11.3 Å². The van der Waals surface area contributed by atoms with Gasteiger partial charge in [-0.05, 0) is 29.8 Å². The number of hydrogen-bond donors (Lipinski definition) is 1. The highest BCUT2D eigenvalue weighted by molar-refractivity contribution is 9.10. The summed E-state index contributed by atoms with van der Waals surface area (Å²) in [4.78, 5) is 29.0. The van der Waals surface area contributed by atoms with Crippen molar-refractivity contribution in [2.45, 2.75) is 6.42 Å². The van der Waals surface area contributed by atoms with Gasteiger partial charge in [0.15, 0.2) is 0 Å². The van der Waals surface area contributed by atoms with Crippen LogP contribution in [0.3, 0.4) is 0 Å². The zero-order valence-corrected chi connectivity index (χ0v) is 13.1. The van der Waals surface area contributed by atoms with Crippen molar-refractivity contribution in [3.8, 4) is 0 Å². The van der Waals surface area contributed by atoms with Crippen LogP contribution in [-0.4, -0.2) is 14.9 Å². The van der Waals surface area contributed by atoms with Crippen molar-refractivity contribution in [2.75, 3.05) is 0 Å². The predicted octanol–water partition coefficient (Wildman–Crippen LogP) is 3.32. The second-order valence-corrected chi connectivity index (χ2v) is 5.80. The van der Waals surface area contributed by atoms with Gasteiger partial charge >= 0.3 is 0 Å². The first-order valence-electron chi connectivity index (χ1n) is 6.55. The molecule has 0 spiro atoms. The van der Waals surface area contributed by atoms with Gasteiger partial charge in [0.1, 0.15) is 11.5 Å². The molecule has 0 saturated carbocycles. The van der Waals surface area contributed by atoms with Crippen molar-refractivity contribution in [3.63, 3.8) is 0 Å². The number of aromatic nitrogens is 2. The van der Waals surface area contributed by atoms with E-state index in [1.54, 1.807) is 12.1 Å². The zero-order valence-electron chi connectivity index (χ0n) is 11.5. The van der Waals surface area contributed by atoms with Gasteiger partial charge in [-0.15, -0.1) is 0 Å². The Morgan fingerprint density at radius 1 is 1.26 bits per heavy atom. The molecule has 1 aromatic heterocycles. The lowest BCUT2D eigenvalue weighted by atomic mass is 10.1. The maximum Gasteiger partial charge on any atom is 0.271 e. The number of rotatable bonds is 3. The molecule has 0 aliphatic heterocycles. The molecule has 0 aliphatic rings. The van der Waals surface area contributed by atoms with Crippen LogP contribution in [0.2, 0.25) is 0 Å². The predicted molar refractivity (Wildman–Crippen MR) is 85.9 cm³/mol. The molecule has 0 saturated heterocycles. The first-order chi connectivity index (χ1) is 10.9. The quantitative estimate of drug-likeness (QED) is 0.559. The third-order valence-corrected chi connectivity index (χ3v) is 3.82. The Labute approximate surface area is 137 Å². The average Bonchev–Trinajstić information content (AvgIpc) is 2.51. The Morgan fingerprint density at radius 2 is 2.04 bits per heavy atom. The van der Waals surface area contributed by atoms with Gasteiger partial charge in [0, 0.05) is 23.0 Å². The number of benzene rings is 2. The molecule has 0 aliphatic carbocycles. The van der Waals surface area contributed by atoms with Crippen molar-refractivity contribution < 1.29 is 9.31 Å². The third kappa shape index (κ3) is 3.11. The van der Waals surface area contributed by atoms with E-state index in [9.17, 15) is 19.3 Å².